The summed E-state index contributed by atoms with van der Waals surface area (Å²) < 4.78 is 63.7. The normalized spacial score (nSPS) is 21.9. The maximum atomic E-state index is 13.9. The number of rotatable bonds is 20. The Morgan fingerprint density at radius 2 is 1.51 bits per heavy atom. The van der Waals surface area contributed by atoms with Crippen molar-refractivity contribution in [2.45, 2.75) is 94.4 Å². The molecule has 3 aromatic carbocycles. The summed E-state index contributed by atoms with van der Waals surface area (Å²) in [5, 5.41) is 25.4. The van der Waals surface area contributed by atoms with Gasteiger partial charge >= 0.3 is 0 Å². The highest BCUT2D eigenvalue weighted by molar-refractivity contribution is 7.89. The number of carbonyl (C=O) groups is 2. The van der Waals surface area contributed by atoms with E-state index in [1.807, 2.05) is 31.2 Å². The van der Waals surface area contributed by atoms with Gasteiger partial charge in [-0.15, -0.1) is 0 Å². The monoisotopic (exact) mass is 881 g/mol. The third kappa shape index (κ3) is 9.62. The molecule has 1 heterocycles. The van der Waals surface area contributed by atoms with Gasteiger partial charge < -0.3 is 36.4 Å². The highest BCUT2D eigenvalue weighted by Crippen LogP contribution is 2.62. The maximum Gasteiger partial charge on any atom is 0.251 e. The van der Waals surface area contributed by atoms with Crippen molar-refractivity contribution in [1.29, 1.82) is 0 Å². The first-order valence-electron chi connectivity index (χ1n) is 21.1. The molecule has 17 heteroatoms. The molecule has 2 bridgehead atoms. The van der Waals surface area contributed by atoms with Crippen LogP contribution < -0.4 is 26.6 Å². The van der Waals surface area contributed by atoms with Crippen LogP contribution in [0, 0.1) is 16.7 Å². The SMILES string of the molecule is CCC(CNC(CO)COCCN(C)S(=O)(=O)c1cc(C(=O)NC2C(C)(C)[C@@H]3CC[C@@]2(C)C3)ccc1NC)NC(=O)c1ccc(NC)c(S(=O)(=O)N2Cc3ccccc3C2)c1. The lowest BCUT2D eigenvalue weighted by Gasteiger charge is -2.43. The number of fused-ring (bicyclic) bond motifs is 3. The van der Waals surface area contributed by atoms with Gasteiger partial charge in [0.1, 0.15) is 9.79 Å². The zero-order valence-corrected chi connectivity index (χ0v) is 38.0. The second-order valence-electron chi connectivity index (χ2n) is 17.6. The number of carbonyl (C=O) groups excluding carboxylic acids is 2. The minimum atomic E-state index is -4.04. The number of aliphatic hydroxyl groups excluding tert-OH is 1. The van der Waals surface area contributed by atoms with E-state index in [1.54, 1.807) is 38.4 Å². The van der Waals surface area contributed by atoms with E-state index in [9.17, 15) is 31.5 Å². The van der Waals surface area contributed by atoms with Gasteiger partial charge in [0.2, 0.25) is 20.0 Å². The Kier molecular flexibility index (Phi) is 14.2. The molecule has 334 valence electrons. The van der Waals surface area contributed by atoms with Gasteiger partial charge in [0, 0.05) is 70.5 Å². The molecule has 2 fully saturated rings. The summed E-state index contributed by atoms with van der Waals surface area (Å²) in [4.78, 5) is 27.1. The summed E-state index contributed by atoms with van der Waals surface area (Å²) in [7, 11) is -3.26. The molecule has 0 radical (unpaired) electrons. The van der Waals surface area contributed by atoms with E-state index >= 15 is 0 Å². The van der Waals surface area contributed by atoms with Crippen LogP contribution in [0.1, 0.15) is 85.2 Å². The standard InChI is InChI=1S/C44H63N7O8S2/c1-8-34(48-40(53)29-13-16-37(46-6)39(22-29)61(57,58)51-25-31-11-9-10-12-32(31)26-51)24-47-35(27-52)28-59-20-19-50(7)60(55,56)38-21-30(14-15-36(38)45-5)41(54)49-42-43(2,3)33-17-18-44(42,4)23-33/h9-16,21-22,33-35,42,45-47,52H,8,17-20,23-28H2,1-7H3,(H,48,53)(H,49,54)/t33-,34?,35?,42?,44+/m1/s1. The van der Waals surface area contributed by atoms with Crippen molar-refractivity contribution in [2.24, 2.45) is 16.7 Å². The molecule has 6 rings (SSSR count). The van der Waals surface area contributed by atoms with Crippen molar-refractivity contribution in [3.63, 3.8) is 0 Å². The largest absolute Gasteiger partial charge is 0.395 e. The number of anilines is 2. The Morgan fingerprint density at radius 1 is 0.902 bits per heavy atom. The first-order valence-corrected chi connectivity index (χ1v) is 24.0. The summed E-state index contributed by atoms with van der Waals surface area (Å²) in [6.07, 6.45) is 3.83. The second-order valence-corrected chi connectivity index (χ2v) is 21.5. The van der Waals surface area contributed by atoms with Crippen LogP contribution in [-0.2, 0) is 37.9 Å². The smallest absolute Gasteiger partial charge is 0.251 e. The summed E-state index contributed by atoms with van der Waals surface area (Å²) in [6, 6.07) is 15.9. The minimum absolute atomic E-state index is 0.0123. The van der Waals surface area contributed by atoms with Crippen LogP contribution in [0.3, 0.4) is 0 Å². The van der Waals surface area contributed by atoms with E-state index in [0.717, 1.165) is 30.4 Å². The molecule has 5 atom stereocenters. The molecule has 3 unspecified atom stereocenters. The van der Waals surface area contributed by atoms with Gasteiger partial charge in [0.05, 0.1) is 37.2 Å². The predicted octanol–water partition coefficient (Wildman–Crippen LogP) is 4.22. The molecule has 61 heavy (non-hydrogen) atoms. The lowest BCUT2D eigenvalue weighted by Crippen LogP contribution is -2.52. The van der Waals surface area contributed by atoms with Gasteiger partial charge in [-0.05, 0) is 90.0 Å². The Morgan fingerprint density at radius 3 is 2.08 bits per heavy atom. The Balaban J connectivity index is 1.00. The molecular weight excluding hydrogens is 819 g/mol. The average Bonchev–Trinajstić information content (AvgIpc) is 3.93. The molecular formula is C44H63N7O8S2. The number of aliphatic hydroxyl groups is 1. The van der Waals surface area contributed by atoms with Crippen LogP contribution >= 0.6 is 0 Å². The number of nitrogens with one attached hydrogen (secondary N) is 5. The molecule has 0 aromatic heterocycles. The topological polar surface area (TPSA) is 199 Å². The molecule has 2 amide bonds. The van der Waals surface area contributed by atoms with Crippen LogP contribution in [-0.4, -0.2) is 115 Å². The molecule has 3 aliphatic rings. The lowest BCUT2D eigenvalue weighted by atomic mass is 9.68. The average molecular weight is 882 g/mol. The molecule has 15 nitrogen and oxygen atoms in total. The zero-order valence-electron chi connectivity index (χ0n) is 36.4. The van der Waals surface area contributed by atoms with Crippen molar-refractivity contribution < 1.29 is 36.3 Å². The van der Waals surface area contributed by atoms with E-state index in [2.05, 4.69) is 47.4 Å². The quantitative estimate of drug-likeness (QED) is 0.0890. The number of benzene rings is 3. The van der Waals surface area contributed by atoms with Crippen LogP contribution in [0.2, 0.25) is 0 Å². The van der Waals surface area contributed by atoms with E-state index in [0.29, 0.717) is 23.7 Å². The number of nitrogens with zero attached hydrogens (tertiary/aromatic N) is 2. The Bertz CT molecular complexity index is 2280. The molecule has 3 aromatic rings. The van der Waals surface area contributed by atoms with Crippen LogP contribution in [0.5, 0.6) is 0 Å². The fourth-order valence-corrected chi connectivity index (χ4v) is 12.4. The predicted molar refractivity (Wildman–Crippen MR) is 236 cm³/mol. The van der Waals surface area contributed by atoms with Gasteiger partial charge in [0.15, 0.2) is 0 Å². The fourth-order valence-electron chi connectivity index (χ4n) is 9.41. The van der Waals surface area contributed by atoms with Crippen molar-refractivity contribution in [3.05, 3.63) is 82.9 Å². The van der Waals surface area contributed by atoms with Crippen molar-refractivity contribution >= 4 is 43.2 Å². The Labute approximate surface area is 361 Å². The van der Waals surface area contributed by atoms with Gasteiger partial charge in [-0.3, -0.25) is 9.59 Å². The lowest BCUT2D eigenvalue weighted by molar-refractivity contribution is 0.0737. The van der Waals surface area contributed by atoms with Gasteiger partial charge in [-0.1, -0.05) is 52.0 Å². The van der Waals surface area contributed by atoms with Crippen LogP contribution in [0.4, 0.5) is 11.4 Å². The first-order chi connectivity index (χ1) is 28.9. The Hall–Kier alpha value is -4.10. The van der Waals surface area contributed by atoms with E-state index in [1.165, 1.54) is 27.8 Å². The molecule has 2 saturated carbocycles. The van der Waals surface area contributed by atoms with Crippen LogP contribution in [0.25, 0.3) is 0 Å². The number of hydrogen-bond donors (Lipinski definition) is 6. The molecule has 2 aliphatic carbocycles. The van der Waals surface area contributed by atoms with Crippen molar-refractivity contribution in [1.82, 2.24) is 24.6 Å². The fraction of sp³-hybridized carbons (Fsp3) is 0.545. The summed E-state index contributed by atoms with van der Waals surface area (Å²) in [6.45, 7) is 9.17. The van der Waals surface area contributed by atoms with Crippen molar-refractivity contribution in [3.8, 4) is 0 Å². The second kappa shape index (κ2) is 18.7. The highest BCUT2D eigenvalue weighted by atomic mass is 32.2. The van der Waals surface area contributed by atoms with E-state index in [4.69, 9.17) is 4.74 Å². The zero-order chi connectivity index (χ0) is 44.3. The van der Waals surface area contributed by atoms with Gasteiger partial charge in [-0.25, -0.2) is 16.8 Å². The third-order valence-corrected chi connectivity index (χ3v) is 17.0. The number of sulfonamides is 2. The summed E-state index contributed by atoms with van der Waals surface area (Å²) in [5.74, 6) is -0.189. The first kappa shape index (κ1) is 46.4. The third-order valence-electron chi connectivity index (χ3n) is 13.3. The molecule has 1 aliphatic heterocycles. The van der Waals surface area contributed by atoms with Crippen LogP contribution in [0.15, 0.2) is 70.5 Å². The number of likely N-dealkylation sites (N-methyl/N-ethyl adjacent to an activating group) is 1. The molecule has 0 spiro atoms. The summed E-state index contributed by atoms with van der Waals surface area (Å²) >= 11 is 0. The number of amides is 2. The summed E-state index contributed by atoms with van der Waals surface area (Å²) in [5.41, 5.74) is 3.08. The number of ether oxygens (including phenoxy) is 1. The van der Waals surface area contributed by atoms with Gasteiger partial charge in [0.25, 0.3) is 11.8 Å². The number of hydrogen-bond acceptors (Lipinski definition) is 11. The minimum Gasteiger partial charge on any atom is -0.395 e. The molecule has 0 saturated heterocycles. The molecule has 6 N–H and O–H groups in total. The highest BCUT2D eigenvalue weighted by Gasteiger charge is 2.59. The van der Waals surface area contributed by atoms with E-state index < -0.39 is 32.0 Å². The van der Waals surface area contributed by atoms with E-state index in [-0.39, 0.29) is 95.7 Å². The maximum absolute atomic E-state index is 13.9. The van der Waals surface area contributed by atoms with Crippen molar-refractivity contribution in [2.75, 3.05) is 64.7 Å². The van der Waals surface area contributed by atoms with Gasteiger partial charge in [-0.2, -0.15) is 8.61 Å².